The van der Waals surface area contributed by atoms with E-state index in [2.05, 4.69) is 15.6 Å². The van der Waals surface area contributed by atoms with Crippen LogP contribution in [0.25, 0.3) is 11.3 Å². The van der Waals surface area contributed by atoms with Crippen LogP contribution >= 0.6 is 22.9 Å². The molecule has 3 aromatic carbocycles. The number of amides is 1. The lowest BCUT2D eigenvalue weighted by Gasteiger charge is -2.15. The quantitative estimate of drug-likeness (QED) is 0.311. The number of nitrogens with zero attached hydrogens (tertiary/aromatic N) is 1. The molecule has 1 atom stereocenters. The van der Waals surface area contributed by atoms with E-state index < -0.39 is 0 Å². The number of rotatable bonds is 7. The van der Waals surface area contributed by atoms with Gasteiger partial charge in [0.25, 0.3) is 0 Å². The predicted octanol–water partition coefficient (Wildman–Crippen LogP) is 7.34. The second-order valence-electron chi connectivity index (χ2n) is 7.11. The third-order valence-electron chi connectivity index (χ3n) is 4.95. The van der Waals surface area contributed by atoms with Crippen LogP contribution in [0.4, 0.5) is 16.5 Å². The molecule has 1 amide bonds. The Balaban J connectivity index is 1.42. The van der Waals surface area contributed by atoms with Crippen molar-refractivity contribution in [3.8, 4) is 11.3 Å². The Bertz CT molecular complexity index is 1160. The molecule has 4 rings (SSSR count). The average molecular weight is 448 g/mol. The van der Waals surface area contributed by atoms with Crippen molar-refractivity contribution in [1.82, 2.24) is 4.98 Å². The highest BCUT2D eigenvalue weighted by molar-refractivity contribution is 7.14. The molecule has 156 valence electrons. The number of thiazole rings is 1. The van der Waals surface area contributed by atoms with Crippen LogP contribution in [0.3, 0.4) is 0 Å². The van der Waals surface area contributed by atoms with E-state index in [9.17, 15) is 4.79 Å². The molecule has 0 saturated carbocycles. The zero-order valence-electron chi connectivity index (χ0n) is 17.0. The van der Waals surface area contributed by atoms with Gasteiger partial charge >= 0.3 is 0 Å². The average Bonchev–Trinajstić information content (AvgIpc) is 3.24. The Morgan fingerprint density at radius 3 is 2.48 bits per heavy atom. The maximum atomic E-state index is 12.8. The number of carbonyl (C=O) groups is 1. The van der Waals surface area contributed by atoms with E-state index in [1.165, 1.54) is 11.3 Å². The third-order valence-corrected chi connectivity index (χ3v) is 5.95. The summed E-state index contributed by atoms with van der Waals surface area (Å²) < 4.78 is 0. The topological polar surface area (TPSA) is 54.0 Å². The molecule has 0 aliphatic heterocycles. The highest BCUT2D eigenvalue weighted by atomic mass is 35.5. The molecule has 4 nitrogen and oxygen atoms in total. The van der Waals surface area contributed by atoms with E-state index in [-0.39, 0.29) is 11.8 Å². The van der Waals surface area contributed by atoms with Crippen molar-refractivity contribution in [2.24, 2.45) is 0 Å². The van der Waals surface area contributed by atoms with Crippen molar-refractivity contribution in [2.75, 3.05) is 10.6 Å². The number of nitrogens with one attached hydrogen (secondary N) is 2. The second kappa shape index (κ2) is 9.77. The number of hydrogen-bond acceptors (Lipinski definition) is 4. The van der Waals surface area contributed by atoms with Crippen LogP contribution in [-0.2, 0) is 4.79 Å². The maximum Gasteiger partial charge on any atom is 0.231 e. The van der Waals surface area contributed by atoms with E-state index >= 15 is 0 Å². The van der Waals surface area contributed by atoms with Crippen LogP contribution < -0.4 is 10.6 Å². The van der Waals surface area contributed by atoms with E-state index in [1.807, 2.05) is 91.2 Å². The van der Waals surface area contributed by atoms with Gasteiger partial charge in [-0.15, -0.1) is 11.3 Å². The Morgan fingerprint density at radius 1 is 1.00 bits per heavy atom. The molecule has 0 aliphatic rings. The van der Waals surface area contributed by atoms with Gasteiger partial charge in [0.1, 0.15) is 0 Å². The minimum atomic E-state index is -0.167. The number of anilines is 3. The van der Waals surface area contributed by atoms with Gasteiger partial charge in [0.2, 0.25) is 5.91 Å². The molecule has 0 spiro atoms. The summed E-state index contributed by atoms with van der Waals surface area (Å²) in [5.74, 6) is -0.164. The van der Waals surface area contributed by atoms with E-state index in [1.54, 1.807) is 0 Å². The zero-order valence-corrected chi connectivity index (χ0v) is 18.6. The molecule has 0 fully saturated rings. The number of hydrogen-bond donors (Lipinski definition) is 2. The van der Waals surface area contributed by atoms with Gasteiger partial charge in [0.15, 0.2) is 5.13 Å². The Morgan fingerprint density at radius 2 is 1.77 bits per heavy atom. The summed E-state index contributed by atoms with van der Waals surface area (Å²) in [5.41, 5.74) is 4.57. The normalized spacial score (nSPS) is 11.7. The van der Waals surface area contributed by atoms with Gasteiger partial charge in [0.05, 0.1) is 11.6 Å². The summed E-state index contributed by atoms with van der Waals surface area (Å²) in [6.07, 6.45) is 0.745. The van der Waals surface area contributed by atoms with Crippen LogP contribution in [0.1, 0.15) is 24.8 Å². The van der Waals surface area contributed by atoms with E-state index in [0.717, 1.165) is 39.7 Å². The molecule has 0 bridgehead atoms. The first-order valence-electron chi connectivity index (χ1n) is 10.1. The van der Waals surface area contributed by atoms with Crippen molar-refractivity contribution in [1.29, 1.82) is 0 Å². The Labute approximate surface area is 190 Å². The molecule has 0 saturated heterocycles. The summed E-state index contributed by atoms with van der Waals surface area (Å²) in [7, 11) is 0. The van der Waals surface area contributed by atoms with Crippen molar-refractivity contribution in [3.63, 3.8) is 0 Å². The first-order chi connectivity index (χ1) is 15.1. The molecule has 0 aliphatic carbocycles. The smallest absolute Gasteiger partial charge is 0.231 e. The summed E-state index contributed by atoms with van der Waals surface area (Å²) in [6.45, 7) is 2.03. The Kier molecular flexibility index (Phi) is 6.65. The second-order valence-corrected chi connectivity index (χ2v) is 8.41. The van der Waals surface area contributed by atoms with Gasteiger partial charge in [0, 0.05) is 27.3 Å². The fourth-order valence-electron chi connectivity index (χ4n) is 3.36. The minimum Gasteiger partial charge on any atom is -0.331 e. The number of benzene rings is 3. The minimum absolute atomic E-state index is 0.00289. The molecule has 31 heavy (non-hydrogen) atoms. The van der Waals surface area contributed by atoms with Crippen LogP contribution in [0.5, 0.6) is 0 Å². The molecule has 1 unspecified atom stereocenters. The van der Waals surface area contributed by atoms with Gasteiger partial charge < -0.3 is 10.6 Å². The van der Waals surface area contributed by atoms with Crippen molar-refractivity contribution >= 4 is 45.4 Å². The highest BCUT2D eigenvalue weighted by Gasteiger charge is 2.18. The highest BCUT2D eigenvalue weighted by Crippen LogP contribution is 2.29. The number of carbonyl (C=O) groups excluding carboxylic acids is 1. The fourth-order valence-corrected chi connectivity index (χ4v) is 4.30. The lowest BCUT2D eigenvalue weighted by molar-refractivity contribution is -0.117. The van der Waals surface area contributed by atoms with Crippen LogP contribution in [0.15, 0.2) is 84.2 Å². The monoisotopic (exact) mass is 447 g/mol. The molecule has 1 heterocycles. The molecule has 1 aromatic heterocycles. The van der Waals surface area contributed by atoms with Crippen LogP contribution in [-0.4, -0.2) is 10.9 Å². The Hall–Kier alpha value is -3.15. The summed E-state index contributed by atoms with van der Waals surface area (Å²) in [4.78, 5) is 17.4. The predicted molar refractivity (Wildman–Crippen MR) is 130 cm³/mol. The van der Waals surface area contributed by atoms with Gasteiger partial charge in [-0.2, -0.15) is 0 Å². The molecule has 6 heteroatoms. The van der Waals surface area contributed by atoms with E-state index in [4.69, 9.17) is 11.6 Å². The van der Waals surface area contributed by atoms with Gasteiger partial charge in [-0.3, -0.25) is 4.79 Å². The first-order valence-corrected chi connectivity index (χ1v) is 11.3. The van der Waals surface area contributed by atoms with E-state index in [0.29, 0.717) is 5.02 Å². The number of halogens is 1. The summed E-state index contributed by atoms with van der Waals surface area (Å²) in [6, 6.07) is 25.2. The van der Waals surface area contributed by atoms with Gasteiger partial charge in [-0.05, 0) is 42.3 Å². The molecule has 0 radical (unpaired) electrons. The molecule has 4 aromatic rings. The lowest BCUT2D eigenvalue weighted by atomic mass is 9.95. The molecule has 2 N–H and O–H groups in total. The third kappa shape index (κ3) is 5.32. The largest absolute Gasteiger partial charge is 0.331 e. The SMILES string of the molecule is CCC(C(=O)Nc1ccc(-c2csc(Nc3cccc(Cl)c3)n2)cc1)c1ccccc1. The molecular formula is C25H22ClN3OS. The van der Waals surface area contributed by atoms with Crippen LogP contribution in [0.2, 0.25) is 5.02 Å². The lowest BCUT2D eigenvalue weighted by Crippen LogP contribution is -2.20. The van der Waals surface area contributed by atoms with Crippen molar-refractivity contribution in [3.05, 3.63) is 94.8 Å². The van der Waals surface area contributed by atoms with Gasteiger partial charge in [-0.1, -0.05) is 67.1 Å². The standard InChI is InChI=1S/C25H22ClN3OS/c1-2-22(17-7-4-3-5-8-17)24(30)27-20-13-11-18(12-14-20)23-16-31-25(29-23)28-21-10-6-9-19(26)15-21/h3-16,22H,2H2,1H3,(H,27,30)(H,28,29). The van der Waals surface area contributed by atoms with Gasteiger partial charge in [-0.25, -0.2) is 4.98 Å². The maximum absolute atomic E-state index is 12.8. The van der Waals surface area contributed by atoms with Crippen molar-refractivity contribution in [2.45, 2.75) is 19.3 Å². The number of aromatic nitrogens is 1. The molecular weight excluding hydrogens is 426 g/mol. The zero-order chi connectivity index (χ0) is 21.6. The van der Waals surface area contributed by atoms with Crippen LogP contribution in [0, 0.1) is 0 Å². The summed E-state index contributed by atoms with van der Waals surface area (Å²) in [5, 5.41) is 9.78. The van der Waals surface area contributed by atoms with Crippen molar-refractivity contribution < 1.29 is 4.79 Å². The fraction of sp³-hybridized carbons (Fsp3) is 0.120. The summed E-state index contributed by atoms with van der Waals surface area (Å²) >= 11 is 7.57. The first kappa shape index (κ1) is 21.1.